The molecule has 1 aliphatic carbocycles. The van der Waals surface area contributed by atoms with Crippen LogP contribution in [0.15, 0.2) is 12.1 Å². The second-order valence-electron chi connectivity index (χ2n) is 3.67. The van der Waals surface area contributed by atoms with Gasteiger partial charge in [0.05, 0.1) is 0 Å². The number of aryl methyl sites for hydroxylation is 2. The van der Waals surface area contributed by atoms with E-state index in [2.05, 4.69) is 4.98 Å². The lowest BCUT2D eigenvalue weighted by Crippen LogP contribution is -2.04. The van der Waals surface area contributed by atoms with E-state index in [9.17, 15) is 4.79 Å². The molecule has 0 amide bonds. The van der Waals surface area contributed by atoms with Crippen LogP contribution in [0.2, 0.25) is 0 Å². The number of hydrogen-bond donors (Lipinski definition) is 1. The molecule has 0 fully saturated rings. The smallest absolute Gasteiger partial charge is 0.354 e. The second-order valence-corrected chi connectivity index (χ2v) is 3.67. The van der Waals surface area contributed by atoms with Gasteiger partial charge in [-0.15, -0.1) is 0 Å². The fourth-order valence-corrected chi connectivity index (χ4v) is 1.88. The minimum absolute atomic E-state index is 0.172. The van der Waals surface area contributed by atoms with E-state index in [1.54, 1.807) is 6.07 Å². The maximum Gasteiger partial charge on any atom is 0.354 e. The number of rotatable bonds is 1. The number of carboxylic acid groups (broad SMARTS) is 1. The molecule has 0 aromatic carbocycles. The van der Waals surface area contributed by atoms with E-state index in [4.69, 9.17) is 5.11 Å². The molecule has 1 aromatic rings. The van der Waals surface area contributed by atoms with E-state index in [1.807, 2.05) is 6.07 Å². The molecule has 0 spiro atoms. The van der Waals surface area contributed by atoms with Crippen LogP contribution in [-0.4, -0.2) is 16.1 Å². The molecule has 1 aromatic heterocycles. The number of pyridine rings is 1. The van der Waals surface area contributed by atoms with Gasteiger partial charge in [-0.05, 0) is 37.3 Å². The summed E-state index contributed by atoms with van der Waals surface area (Å²) in [4.78, 5) is 14.9. The molecule has 2 rings (SSSR count). The summed E-state index contributed by atoms with van der Waals surface area (Å²) in [7, 11) is 0. The molecule has 3 nitrogen and oxygen atoms in total. The molecule has 0 saturated carbocycles. The molecule has 3 heteroatoms. The molecule has 1 N–H and O–H groups in total. The zero-order valence-corrected chi connectivity index (χ0v) is 7.99. The van der Waals surface area contributed by atoms with Crippen LogP contribution in [-0.2, 0) is 12.8 Å². The summed E-state index contributed by atoms with van der Waals surface area (Å²) in [5, 5.41) is 8.79. The van der Waals surface area contributed by atoms with Gasteiger partial charge in [0.25, 0.3) is 0 Å². The number of carbonyl (C=O) groups is 1. The highest BCUT2D eigenvalue weighted by Crippen LogP contribution is 2.19. The zero-order chi connectivity index (χ0) is 9.97. The summed E-state index contributed by atoms with van der Waals surface area (Å²) in [5.41, 5.74) is 2.39. The van der Waals surface area contributed by atoms with Gasteiger partial charge in [-0.1, -0.05) is 12.5 Å². The van der Waals surface area contributed by atoms with Crippen LogP contribution in [0.25, 0.3) is 0 Å². The summed E-state index contributed by atoms with van der Waals surface area (Å²) < 4.78 is 0. The Kier molecular flexibility index (Phi) is 2.48. The van der Waals surface area contributed by atoms with E-state index >= 15 is 0 Å². The number of fused-ring (bicyclic) bond motifs is 1. The quantitative estimate of drug-likeness (QED) is 0.691. The van der Waals surface area contributed by atoms with Crippen molar-refractivity contribution in [2.75, 3.05) is 0 Å². The Labute approximate surface area is 82.8 Å². The summed E-state index contributed by atoms with van der Waals surface area (Å²) in [6.07, 6.45) is 5.52. The predicted molar refractivity (Wildman–Crippen MR) is 52.5 cm³/mol. The van der Waals surface area contributed by atoms with Crippen LogP contribution in [0.4, 0.5) is 0 Å². The third-order valence-electron chi connectivity index (χ3n) is 2.65. The fraction of sp³-hybridized carbons (Fsp3) is 0.455. The summed E-state index contributed by atoms with van der Waals surface area (Å²) in [6.45, 7) is 0. The molecule has 0 unspecified atom stereocenters. The van der Waals surface area contributed by atoms with Crippen molar-refractivity contribution in [3.05, 3.63) is 29.1 Å². The highest BCUT2D eigenvalue weighted by molar-refractivity contribution is 5.85. The van der Waals surface area contributed by atoms with Crippen LogP contribution < -0.4 is 0 Å². The number of nitrogens with zero attached hydrogens (tertiary/aromatic N) is 1. The largest absolute Gasteiger partial charge is 0.477 e. The van der Waals surface area contributed by atoms with Crippen molar-refractivity contribution < 1.29 is 9.90 Å². The van der Waals surface area contributed by atoms with Crippen LogP contribution in [0.5, 0.6) is 0 Å². The van der Waals surface area contributed by atoms with E-state index in [0.29, 0.717) is 0 Å². The highest BCUT2D eigenvalue weighted by Gasteiger charge is 2.12. The Bertz CT molecular complexity index is 360. The monoisotopic (exact) mass is 191 g/mol. The van der Waals surface area contributed by atoms with Gasteiger partial charge in [-0.2, -0.15) is 0 Å². The number of aromatic carboxylic acids is 1. The SMILES string of the molecule is O=C(O)c1ccc2c(n1)CCCCC2. The molecule has 0 aliphatic heterocycles. The van der Waals surface area contributed by atoms with Crippen LogP contribution in [0.3, 0.4) is 0 Å². The Morgan fingerprint density at radius 2 is 2.00 bits per heavy atom. The van der Waals surface area contributed by atoms with Crippen molar-refractivity contribution in [1.82, 2.24) is 4.98 Å². The lowest BCUT2D eigenvalue weighted by Gasteiger charge is -2.04. The first-order chi connectivity index (χ1) is 6.77. The molecule has 14 heavy (non-hydrogen) atoms. The van der Waals surface area contributed by atoms with Gasteiger partial charge in [0.15, 0.2) is 0 Å². The first-order valence-corrected chi connectivity index (χ1v) is 4.99. The Balaban J connectivity index is 2.37. The highest BCUT2D eigenvalue weighted by atomic mass is 16.4. The average molecular weight is 191 g/mol. The normalized spacial score (nSPS) is 15.7. The van der Waals surface area contributed by atoms with Gasteiger partial charge >= 0.3 is 5.97 Å². The minimum atomic E-state index is -0.933. The minimum Gasteiger partial charge on any atom is -0.477 e. The molecule has 0 bridgehead atoms. The molecule has 1 heterocycles. The predicted octanol–water partition coefficient (Wildman–Crippen LogP) is 2.05. The first-order valence-electron chi connectivity index (χ1n) is 4.99. The Morgan fingerprint density at radius 3 is 2.79 bits per heavy atom. The van der Waals surface area contributed by atoms with Crippen molar-refractivity contribution in [1.29, 1.82) is 0 Å². The molecule has 0 saturated heterocycles. The lowest BCUT2D eigenvalue weighted by atomic mass is 10.1. The van der Waals surface area contributed by atoms with E-state index in [1.165, 1.54) is 18.4 Å². The lowest BCUT2D eigenvalue weighted by molar-refractivity contribution is 0.0690. The van der Waals surface area contributed by atoms with Gasteiger partial charge in [-0.25, -0.2) is 9.78 Å². The molecule has 0 atom stereocenters. The van der Waals surface area contributed by atoms with Gasteiger partial charge in [0.2, 0.25) is 0 Å². The first kappa shape index (κ1) is 9.19. The topological polar surface area (TPSA) is 50.2 Å². The van der Waals surface area contributed by atoms with Crippen LogP contribution >= 0.6 is 0 Å². The molecule has 0 radical (unpaired) electrons. The number of hydrogen-bond acceptors (Lipinski definition) is 2. The van der Waals surface area contributed by atoms with Crippen molar-refractivity contribution in [3.8, 4) is 0 Å². The van der Waals surface area contributed by atoms with Crippen molar-refractivity contribution >= 4 is 5.97 Å². The van der Waals surface area contributed by atoms with Gasteiger partial charge < -0.3 is 5.11 Å². The van der Waals surface area contributed by atoms with Gasteiger partial charge in [0, 0.05) is 5.69 Å². The van der Waals surface area contributed by atoms with Crippen LogP contribution in [0, 0.1) is 0 Å². The van der Waals surface area contributed by atoms with Gasteiger partial charge in [0.1, 0.15) is 5.69 Å². The summed E-state index contributed by atoms with van der Waals surface area (Å²) in [6, 6.07) is 3.52. The summed E-state index contributed by atoms with van der Waals surface area (Å²) >= 11 is 0. The molecular weight excluding hydrogens is 178 g/mol. The second kappa shape index (κ2) is 3.78. The number of carboxylic acids is 1. The Hall–Kier alpha value is -1.38. The van der Waals surface area contributed by atoms with E-state index in [-0.39, 0.29) is 5.69 Å². The van der Waals surface area contributed by atoms with E-state index in [0.717, 1.165) is 25.0 Å². The molecule has 1 aliphatic rings. The van der Waals surface area contributed by atoms with Crippen molar-refractivity contribution in [3.63, 3.8) is 0 Å². The van der Waals surface area contributed by atoms with Gasteiger partial charge in [-0.3, -0.25) is 0 Å². The third-order valence-corrected chi connectivity index (χ3v) is 2.65. The maximum absolute atomic E-state index is 10.7. The standard InChI is InChI=1S/C11H13NO2/c13-11(14)10-7-6-8-4-2-1-3-5-9(8)12-10/h6-7H,1-5H2,(H,13,14). The fourth-order valence-electron chi connectivity index (χ4n) is 1.88. The molecule has 74 valence electrons. The molecular formula is C11H13NO2. The van der Waals surface area contributed by atoms with Crippen LogP contribution in [0.1, 0.15) is 41.0 Å². The summed E-state index contributed by atoms with van der Waals surface area (Å²) in [5.74, 6) is -0.933. The maximum atomic E-state index is 10.7. The Morgan fingerprint density at radius 1 is 1.21 bits per heavy atom. The third kappa shape index (κ3) is 1.76. The number of aromatic nitrogens is 1. The zero-order valence-electron chi connectivity index (χ0n) is 7.99. The van der Waals surface area contributed by atoms with Crippen molar-refractivity contribution in [2.24, 2.45) is 0 Å². The van der Waals surface area contributed by atoms with E-state index < -0.39 is 5.97 Å². The van der Waals surface area contributed by atoms with Crippen molar-refractivity contribution in [2.45, 2.75) is 32.1 Å². The average Bonchev–Trinajstić information content (AvgIpc) is 2.41.